The normalized spacial score (nSPS) is 18.6. The number of nitrogens with one attached hydrogen (secondary N) is 1. The second-order valence-electron chi connectivity index (χ2n) is 5.00. The summed E-state index contributed by atoms with van der Waals surface area (Å²) in [5, 5.41) is 1.11. The Morgan fingerprint density at radius 3 is 3.10 bits per heavy atom. The number of rotatable bonds is 3. The average Bonchev–Trinajstić information content (AvgIpc) is 3.04. The first-order chi connectivity index (χ1) is 10.2. The van der Waals surface area contributed by atoms with Gasteiger partial charge in [-0.05, 0) is 31.1 Å². The van der Waals surface area contributed by atoms with E-state index in [1.54, 1.807) is 13.0 Å². The molecule has 5 heteroatoms. The summed E-state index contributed by atoms with van der Waals surface area (Å²) in [4.78, 5) is 28.1. The average molecular weight is 284 g/mol. The van der Waals surface area contributed by atoms with Gasteiger partial charge in [0.15, 0.2) is 0 Å². The molecule has 0 saturated carbocycles. The molecule has 3 rings (SSSR count). The molecule has 1 aliphatic rings. The van der Waals surface area contributed by atoms with Gasteiger partial charge in [0.05, 0.1) is 6.04 Å². The third-order valence-electron chi connectivity index (χ3n) is 3.64. The van der Waals surface area contributed by atoms with Crippen LogP contribution in [0.4, 0.5) is 4.79 Å². The maximum Gasteiger partial charge on any atom is 0.417 e. The van der Waals surface area contributed by atoms with E-state index in [-0.39, 0.29) is 18.6 Å². The minimum Gasteiger partial charge on any atom is -0.447 e. The van der Waals surface area contributed by atoms with Crippen molar-refractivity contribution >= 4 is 22.9 Å². The van der Waals surface area contributed by atoms with E-state index in [9.17, 15) is 9.59 Å². The van der Waals surface area contributed by atoms with Crippen molar-refractivity contribution in [1.29, 1.82) is 0 Å². The molecule has 0 bridgehead atoms. The van der Waals surface area contributed by atoms with Crippen LogP contribution in [-0.2, 0) is 16.0 Å². The first-order valence-corrected chi connectivity index (χ1v) is 6.88. The number of imide groups is 1. The molecule has 108 valence electrons. The summed E-state index contributed by atoms with van der Waals surface area (Å²) < 4.78 is 5.03. The van der Waals surface area contributed by atoms with Crippen molar-refractivity contribution < 1.29 is 14.3 Å². The number of aromatic nitrogens is 1. The minimum atomic E-state index is -0.567. The Kier molecular flexibility index (Phi) is 3.48. The molecule has 1 aromatic heterocycles. The molecule has 21 heavy (non-hydrogen) atoms. The van der Waals surface area contributed by atoms with Crippen LogP contribution in [0.2, 0.25) is 0 Å². The maximum absolute atomic E-state index is 12.0. The molecule has 0 unspecified atom stereocenters. The first kappa shape index (κ1) is 13.4. The van der Waals surface area contributed by atoms with Crippen molar-refractivity contribution in [2.75, 3.05) is 6.61 Å². The number of para-hydroxylation sites is 1. The molecule has 1 N–H and O–H groups in total. The van der Waals surface area contributed by atoms with Crippen LogP contribution in [0.1, 0.15) is 12.5 Å². The fourth-order valence-electron chi connectivity index (χ4n) is 2.66. The van der Waals surface area contributed by atoms with Crippen molar-refractivity contribution in [3.05, 3.63) is 48.2 Å². The molecule has 5 nitrogen and oxygen atoms in total. The third kappa shape index (κ3) is 2.42. The van der Waals surface area contributed by atoms with Crippen LogP contribution in [0.5, 0.6) is 0 Å². The Hall–Kier alpha value is -2.56. The summed E-state index contributed by atoms with van der Waals surface area (Å²) in [6.45, 7) is 1.98. The fourth-order valence-corrected chi connectivity index (χ4v) is 2.66. The topological polar surface area (TPSA) is 62.4 Å². The van der Waals surface area contributed by atoms with E-state index < -0.39 is 6.09 Å². The smallest absolute Gasteiger partial charge is 0.417 e. The Balaban J connectivity index is 1.86. The number of aromatic amines is 1. The number of carbonyl (C=O) groups is 2. The predicted molar refractivity (Wildman–Crippen MR) is 78.8 cm³/mol. The van der Waals surface area contributed by atoms with Gasteiger partial charge in [-0.1, -0.05) is 24.3 Å². The quantitative estimate of drug-likeness (QED) is 0.881. The van der Waals surface area contributed by atoms with E-state index in [0.29, 0.717) is 6.42 Å². The highest BCUT2D eigenvalue weighted by Crippen LogP contribution is 2.23. The maximum atomic E-state index is 12.0. The zero-order valence-corrected chi connectivity index (χ0v) is 11.7. The number of allylic oxidation sites excluding steroid dienone is 1. The molecule has 1 aromatic carbocycles. The molecule has 1 saturated heterocycles. The number of ether oxygens (including phenoxy) is 1. The van der Waals surface area contributed by atoms with Crippen molar-refractivity contribution in [2.24, 2.45) is 0 Å². The second kappa shape index (κ2) is 5.44. The van der Waals surface area contributed by atoms with Gasteiger partial charge in [-0.3, -0.25) is 4.79 Å². The van der Waals surface area contributed by atoms with Gasteiger partial charge >= 0.3 is 6.09 Å². The van der Waals surface area contributed by atoms with E-state index in [1.165, 1.54) is 11.0 Å². The van der Waals surface area contributed by atoms with E-state index >= 15 is 0 Å². The fraction of sp³-hybridized carbons (Fsp3) is 0.250. The number of fused-ring (bicyclic) bond motifs is 1. The van der Waals surface area contributed by atoms with Gasteiger partial charge in [-0.25, -0.2) is 9.69 Å². The molecule has 1 aliphatic heterocycles. The lowest BCUT2D eigenvalue weighted by molar-refractivity contribution is -0.124. The third-order valence-corrected chi connectivity index (χ3v) is 3.64. The van der Waals surface area contributed by atoms with Gasteiger partial charge in [0.2, 0.25) is 0 Å². The van der Waals surface area contributed by atoms with Crippen LogP contribution >= 0.6 is 0 Å². The Morgan fingerprint density at radius 1 is 1.48 bits per heavy atom. The van der Waals surface area contributed by atoms with Crippen molar-refractivity contribution in [1.82, 2.24) is 9.88 Å². The molecular weight excluding hydrogens is 268 g/mol. The standard InChI is InChI=1S/C16H16N2O3/c1-2-5-15(19)18-12(10-21-16(18)20)8-11-9-17-14-7-4-3-6-13(11)14/h2-7,9,12,17H,8,10H2,1H3/b5-2+/t12-/m0/s1. The lowest BCUT2D eigenvalue weighted by atomic mass is 10.0. The molecular formula is C16H16N2O3. The summed E-state index contributed by atoms with van der Waals surface area (Å²) >= 11 is 0. The highest BCUT2D eigenvalue weighted by atomic mass is 16.6. The number of nitrogens with zero attached hydrogens (tertiary/aromatic N) is 1. The largest absolute Gasteiger partial charge is 0.447 e. The lowest BCUT2D eigenvalue weighted by Crippen LogP contribution is -2.39. The molecule has 2 amide bonds. The Bertz CT molecular complexity index is 717. The molecule has 1 atom stereocenters. The number of amides is 2. The van der Waals surface area contributed by atoms with Crippen molar-refractivity contribution in [3.63, 3.8) is 0 Å². The molecule has 1 fully saturated rings. The number of hydrogen-bond donors (Lipinski definition) is 1. The second-order valence-corrected chi connectivity index (χ2v) is 5.00. The summed E-state index contributed by atoms with van der Waals surface area (Å²) in [6, 6.07) is 7.70. The van der Waals surface area contributed by atoms with Crippen LogP contribution in [0, 0.1) is 0 Å². The van der Waals surface area contributed by atoms with E-state index in [0.717, 1.165) is 16.5 Å². The van der Waals surface area contributed by atoms with E-state index in [1.807, 2.05) is 30.5 Å². The van der Waals surface area contributed by atoms with Crippen LogP contribution in [0.25, 0.3) is 10.9 Å². The zero-order chi connectivity index (χ0) is 14.8. The molecule has 0 radical (unpaired) electrons. The number of cyclic esters (lactones) is 1. The molecule has 0 aliphatic carbocycles. The summed E-state index contributed by atoms with van der Waals surface area (Å²) in [6.07, 6.45) is 4.94. The van der Waals surface area contributed by atoms with Crippen LogP contribution < -0.4 is 0 Å². The van der Waals surface area contributed by atoms with Crippen LogP contribution in [0.15, 0.2) is 42.6 Å². The monoisotopic (exact) mass is 284 g/mol. The van der Waals surface area contributed by atoms with Gasteiger partial charge in [-0.2, -0.15) is 0 Å². The van der Waals surface area contributed by atoms with Crippen LogP contribution in [0.3, 0.4) is 0 Å². The highest BCUT2D eigenvalue weighted by molar-refractivity contribution is 5.99. The predicted octanol–water partition coefficient (Wildman–Crippen LogP) is 2.63. The van der Waals surface area contributed by atoms with Gasteiger partial charge in [0, 0.05) is 17.1 Å². The van der Waals surface area contributed by atoms with Gasteiger partial charge in [0.25, 0.3) is 5.91 Å². The van der Waals surface area contributed by atoms with Crippen molar-refractivity contribution in [3.8, 4) is 0 Å². The van der Waals surface area contributed by atoms with Crippen LogP contribution in [-0.4, -0.2) is 34.5 Å². The molecule has 2 heterocycles. The Labute approximate surface area is 122 Å². The molecule has 0 spiro atoms. The number of H-pyrrole nitrogens is 1. The van der Waals surface area contributed by atoms with E-state index in [2.05, 4.69) is 4.98 Å². The van der Waals surface area contributed by atoms with Gasteiger partial charge in [-0.15, -0.1) is 0 Å². The van der Waals surface area contributed by atoms with Gasteiger partial charge in [0.1, 0.15) is 6.61 Å². The number of hydrogen-bond acceptors (Lipinski definition) is 3. The van der Waals surface area contributed by atoms with Crippen molar-refractivity contribution in [2.45, 2.75) is 19.4 Å². The number of benzene rings is 1. The zero-order valence-electron chi connectivity index (χ0n) is 11.7. The van der Waals surface area contributed by atoms with Gasteiger partial charge < -0.3 is 9.72 Å². The lowest BCUT2D eigenvalue weighted by Gasteiger charge is -2.17. The SMILES string of the molecule is C/C=C/C(=O)N1C(=O)OC[C@@H]1Cc1c[nH]c2ccccc12. The summed E-state index contributed by atoms with van der Waals surface area (Å²) in [7, 11) is 0. The number of carbonyl (C=O) groups excluding carboxylic acids is 2. The van der Waals surface area contributed by atoms with E-state index in [4.69, 9.17) is 4.74 Å². The molecule has 2 aromatic rings. The first-order valence-electron chi connectivity index (χ1n) is 6.88. The Morgan fingerprint density at radius 2 is 2.29 bits per heavy atom. The minimum absolute atomic E-state index is 0.238. The highest BCUT2D eigenvalue weighted by Gasteiger charge is 2.37. The summed E-state index contributed by atoms with van der Waals surface area (Å²) in [5.41, 5.74) is 2.12. The summed E-state index contributed by atoms with van der Waals surface area (Å²) in [5.74, 6) is -0.329.